The number of rotatable bonds is 13. The Morgan fingerprint density at radius 2 is 1.70 bits per heavy atom. The maximum Gasteiger partial charge on any atom is 0.266 e. The second-order valence-electron chi connectivity index (χ2n) is 10.3. The number of nitrogens with one attached hydrogen (secondary N) is 2. The Kier molecular flexibility index (Phi) is 11.1. The van der Waals surface area contributed by atoms with E-state index in [2.05, 4.69) is 42.7 Å². The van der Waals surface area contributed by atoms with Gasteiger partial charge < -0.3 is 14.6 Å². The number of carbonyl (C=O) groups is 1. The molecule has 0 spiro atoms. The highest BCUT2D eigenvalue weighted by Gasteiger charge is 2.53. The molecule has 10 heteroatoms. The summed E-state index contributed by atoms with van der Waals surface area (Å²) in [6, 6.07) is 30.6. The fraction of sp³-hybridized carbons (Fsp3) is 0.235. The van der Waals surface area contributed by atoms with Crippen LogP contribution in [-0.2, 0) is 22.4 Å². The van der Waals surface area contributed by atoms with Gasteiger partial charge in [-0.3, -0.25) is 10.2 Å². The van der Waals surface area contributed by atoms with Gasteiger partial charge in [-0.25, -0.2) is 10.4 Å². The number of ether oxygens (including phenoxy) is 2. The van der Waals surface area contributed by atoms with E-state index < -0.39 is 11.6 Å². The maximum absolute atomic E-state index is 14.3. The molecule has 0 saturated carbocycles. The zero-order valence-corrected chi connectivity index (χ0v) is 27.7. The summed E-state index contributed by atoms with van der Waals surface area (Å²) in [5.41, 5.74) is 8.11. The molecule has 7 nitrogen and oxygen atoms in total. The molecule has 3 N–H and O–H groups in total. The third-order valence-electron chi connectivity index (χ3n) is 7.28. The molecule has 228 valence electrons. The average Bonchev–Trinajstić information content (AvgIpc) is 3.42. The van der Waals surface area contributed by atoms with Gasteiger partial charge >= 0.3 is 0 Å². The van der Waals surface area contributed by atoms with Crippen molar-refractivity contribution in [2.24, 2.45) is 4.99 Å². The van der Waals surface area contributed by atoms with Gasteiger partial charge in [0.2, 0.25) is 5.90 Å². The van der Waals surface area contributed by atoms with Crippen LogP contribution in [-0.4, -0.2) is 42.2 Å². The number of aliphatic hydroxyl groups is 1. The second kappa shape index (κ2) is 15.2. The van der Waals surface area contributed by atoms with Crippen LogP contribution in [0, 0.1) is 0 Å². The Hall–Kier alpha value is -3.21. The van der Waals surface area contributed by atoms with Gasteiger partial charge in [0.15, 0.2) is 11.6 Å². The van der Waals surface area contributed by atoms with Gasteiger partial charge in [-0.1, -0.05) is 92.0 Å². The van der Waals surface area contributed by atoms with Crippen LogP contribution in [0.4, 0.5) is 0 Å². The summed E-state index contributed by atoms with van der Waals surface area (Å²) in [4.78, 5) is 19.4. The number of amides is 1. The third-order valence-corrected chi connectivity index (χ3v) is 8.90. The van der Waals surface area contributed by atoms with E-state index in [9.17, 15) is 4.79 Å². The summed E-state index contributed by atoms with van der Waals surface area (Å²) in [6.45, 7) is 0.951. The first-order valence-corrected chi connectivity index (χ1v) is 16.2. The van der Waals surface area contributed by atoms with Gasteiger partial charge in [0.05, 0.1) is 6.61 Å². The van der Waals surface area contributed by atoms with Crippen molar-refractivity contribution in [2.75, 3.05) is 19.8 Å². The van der Waals surface area contributed by atoms with E-state index in [1.165, 1.54) is 0 Å². The number of hydrogen-bond acceptors (Lipinski definition) is 6. The highest BCUT2D eigenvalue weighted by atomic mass is 79.9. The van der Waals surface area contributed by atoms with Gasteiger partial charge in [-0.05, 0) is 66.1 Å². The molecule has 2 atom stereocenters. The Morgan fingerprint density at radius 1 is 0.977 bits per heavy atom. The molecule has 0 saturated heterocycles. The van der Waals surface area contributed by atoms with Crippen LogP contribution in [0.15, 0.2) is 111 Å². The molecule has 44 heavy (non-hydrogen) atoms. The minimum atomic E-state index is -1.35. The van der Waals surface area contributed by atoms with Crippen molar-refractivity contribution >= 4 is 55.3 Å². The van der Waals surface area contributed by atoms with Gasteiger partial charge in [0.1, 0.15) is 5.75 Å². The van der Waals surface area contributed by atoms with Crippen LogP contribution < -0.4 is 15.6 Å². The predicted octanol–water partition coefficient (Wildman–Crippen LogP) is 6.99. The number of carbonyl (C=O) groups excluding carboxylic acids is 1. The third kappa shape index (κ3) is 7.71. The molecule has 5 rings (SSSR count). The number of benzene rings is 4. The molecule has 0 radical (unpaired) electrons. The first kappa shape index (κ1) is 32.2. The lowest BCUT2D eigenvalue weighted by atomic mass is 9.82. The molecule has 0 aliphatic carbocycles. The molecule has 0 fully saturated rings. The number of aliphatic hydroxyl groups excluding tert-OH is 1. The van der Waals surface area contributed by atoms with Crippen molar-refractivity contribution in [1.82, 2.24) is 10.9 Å². The summed E-state index contributed by atoms with van der Waals surface area (Å²) < 4.78 is 14.1. The predicted molar refractivity (Wildman–Crippen MR) is 180 cm³/mol. The van der Waals surface area contributed by atoms with Crippen molar-refractivity contribution in [3.05, 3.63) is 133 Å². The second-order valence-corrected chi connectivity index (χ2v) is 12.5. The van der Waals surface area contributed by atoms with Gasteiger partial charge in [0.25, 0.3) is 5.91 Å². The zero-order chi connectivity index (χ0) is 30.9. The number of hydrogen-bond donors (Lipinski definition) is 3. The van der Waals surface area contributed by atoms with Gasteiger partial charge in [-0.2, -0.15) is 0 Å². The Labute approximate surface area is 278 Å². The van der Waals surface area contributed by atoms with Gasteiger partial charge in [0, 0.05) is 51.1 Å². The standard InChI is InChI=1S/C34H32Br2ClN3O4/c35-26-14-10-23(11-15-26)22-34(33(42)40-38-19-18-24-6-1-4-9-30(24)37)31(28-7-2-3-8-29(28)36)44-32(39-34)25-12-16-27(17-13-25)43-21-5-20-41/h1-4,6-17,31,38,41H,5,18-22H2,(H,40,42)/t31-,34-/m0/s1. The highest BCUT2D eigenvalue weighted by molar-refractivity contribution is 9.10. The molecule has 1 aliphatic rings. The monoisotopic (exact) mass is 739 g/mol. The zero-order valence-electron chi connectivity index (χ0n) is 23.8. The van der Waals surface area contributed by atoms with E-state index in [1.807, 2.05) is 97.1 Å². The minimum absolute atomic E-state index is 0.0660. The lowest BCUT2D eigenvalue weighted by Gasteiger charge is -2.31. The molecule has 1 heterocycles. The van der Waals surface area contributed by atoms with E-state index in [1.54, 1.807) is 0 Å². The lowest BCUT2D eigenvalue weighted by Crippen LogP contribution is -2.54. The van der Waals surface area contributed by atoms with E-state index >= 15 is 0 Å². The number of hydrazine groups is 1. The van der Waals surface area contributed by atoms with Crippen molar-refractivity contribution < 1.29 is 19.4 Å². The Balaban J connectivity index is 1.48. The summed E-state index contributed by atoms with van der Waals surface area (Å²) in [5.74, 6) is 0.708. The molecule has 1 aliphatic heterocycles. The molecule has 4 aromatic carbocycles. The summed E-state index contributed by atoms with van der Waals surface area (Å²) >= 11 is 13.5. The molecule has 1 amide bonds. The first-order chi connectivity index (χ1) is 21.4. The summed E-state index contributed by atoms with van der Waals surface area (Å²) in [6.07, 6.45) is 0.731. The first-order valence-electron chi connectivity index (χ1n) is 14.3. The van der Waals surface area contributed by atoms with E-state index in [-0.39, 0.29) is 18.9 Å². The number of aliphatic imine (C=N–C) groups is 1. The summed E-state index contributed by atoms with van der Waals surface area (Å²) in [5, 5.41) is 9.74. The maximum atomic E-state index is 14.3. The van der Waals surface area contributed by atoms with Crippen LogP contribution in [0.25, 0.3) is 0 Å². The molecule has 4 aromatic rings. The van der Waals surface area contributed by atoms with Crippen LogP contribution in [0.3, 0.4) is 0 Å². The molecule has 0 aromatic heterocycles. The number of halogens is 3. The van der Waals surface area contributed by atoms with E-state index in [0.29, 0.717) is 48.2 Å². The lowest BCUT2D eigenvalue weighted by molar-refractivity contribution is -0.130. The van der Waals surface area contributed by atoms with E-state index in [0.717, 1.165) is 25.6 Å². The van der Waals surface area contributed by atoms with Crippen LogP contribution in [0.5, 0.6) is 5.75 Å². The highest BCUT2D eigenvalue weighted by Crippen LogP contribution is 2.44. The fourth-order valence-corrected chi connectivity index (χ4v) is 6.00. The molecular formula is C34H32Br2ClN3O4. The average molecular weight is 742 g/mol. The van der Waals surface area contributed by atoms with Crippen LogP contribution in [0.2, 0.25) is 5.02 Å². The largest absolute Gasteiger partial charge is 0.494 e. The fourth-order valence-electron chi connectivity index (χ4n) is 5.01. The smallest absolute Gasteiger partial charge is 0.266 e. The number of nitrogens with zero attached hydrogens (tertiary/aromatic N) is 1. The minimum Gasteiger partial charge on any atom is -0.494 e. The molecule has 0 bridgehead atoms. The Morgan fingerprint density at radius 3 is 2.43 bits per heavy atom. The quantitative estimate of drug-likeness (QED) is 0.102. The van der Waals surface area contributed by atoms with Crippen molar-refractivity contribution in [3.63, 3.8) is 0 Å². The SMILES string of the molecule is O=C(NNCCc1ccccc1Cl)[C@@]1(Cc2ccc(Br)cc2)N=C(c2ccc(OCCCO)cc2)O[C@H]1c1ccccc1Br. The Bertz CT molecular complexity index is 1600. The van der Waals surface area contributed by atoms with Crippen molar-refractivity contribution in [1.29, 1.82) is 0 Å². The van der Waals surface area contributed by atoms with Crippen LogP contribution in [0.1, 0.15) is 34.8 Å². The van der Waals surface area contributed by atoms with Crippen molar-refractivity contribution in [3.8, 4) is 5.75 Å². The normalized spacial score (nSPS) is 17.5. The topological polar surface area (TPSA) is 92.2 Å². The van der Waals surface area contributed by atoms with Crippen LogP contribution >= 0.6 is 43.5 Å². The van der Waals surface area contributed by atoms with Gasteiger partial charge in [-0.15, -0.1) is 0 Å². The molecular weight excluding hydrogens is 710 g/mol. The summed E-state index contributed by atoms with van der Waals surface area (Å²) in [7, 11) is 0. The van der Waals surface area contributed by atoms with Crippen molar-refractivity contribution in [2.45, 2.75) is 30.9 Å². The van der Waals surface area contributed by atoms with E-state index in [4.69, 9.17) is 31.2 Å². The molecule has 0 unspecified atom stereocenters.